The molecule has 1 saturated heterocycles. The number of para-hydroxylation sites is 2. The molecule has 176 valence electrons. The number of benzene rings is 2. The number of ether oxygens (including phenoxy) is 1. The van der Waals surface area contributed by atoms with Gasteiger partial charge in [-0.3, -0.25) is 4.31 Å². The van der Waals surface area contributed by atoms with Crippen LogP contribution in [0.25, 0.3) is 0 Å². The van der Waals surface area contributed by atoms with Crippen molar-refractivity contribution in [2.24, 2.45) is 5.92 Å². The Morgan fingerprint density at radius 2 is 1.84 bits per heavy atom. The van der Waals surface area contributed by atoms with Crippen LogP contribution in [0.4, 0.5) is 20.2 Å². The van der Waals surface area contributed by atoms with Gasteiger partial charge in [-0.15, -0.1) is 12.4 Å². The summed E-state index contributed by atoms with van der Waals surface area (Å²) < 4.78 is 59.3. The Balaban J connectivity index is 0.00000289. The number of hydrogen-bond donors (Lipinski definition) is 1. The van der Waals surface area contributed by atoms with Crippen LogP contribution in [0.1, 0.15) is 18.4 Å². The zero-order valence-corrected chi connectivity index (χ0v) is 19.5. The predicted octanol–water partition coefficient (Wildman–Crippen LogP) is 4.03. The van der Waals surface area contributed by atoms with Crippen molar-refractivity contribution in [2.75, 3.05) is 41.9 Å². The van der Waals surface area contributed by atoms with Crippen molar-refractivity contribution in [3.8, 4) is 5.75 Å². The minimum atomic E-state index is -3.98. The van der Waals surface area contributed by atoms with E-state index in [-0.39, 0.29) is 41.2 Å². The van der Waals surface area contributed by atoms with Crippen LogP contribution < -0.4 is 19.3 Å². The molecule has 2 aromatic rings. The fraction of sp³-hybridized carbons (Fsp3) is 0.455. The normalized spacial score (nSPS) is 16.6. The van der Waals surface area contributed by atoms with Gasteiger partial charge >= 0.3 is 6.61 Å². The van der Waals surface area contributed by atoms with E-state index >= 15 is 0 Å². The maximum atomic E-state index is 13.7. The maximum Gasteiger partial charge on any atom is 0.387 e. The lowest BCUT2D eigenvalue weighted by Gasteiger charge is -2.32. The fourth-order valence-corrected chi connectivity index (χ4v) is 5.41. The maximum absolute atomic E-state index is 13.7. The topological polar surface area (TPSA) is 61.9 Å². The molecule has 2 aliphatic rings. The highest BCUT2D eigenvalue weighted by molar-refractivity contribution is 7.92. The molecule has 6 nitrogen and oxygen atoms in total. The smallest absolute Gasteiger partial charge is 0.387 e. The number of alkyl halides is 2. The third-order valence-corrected chi connectivity index (χ3v) is 7.47. The van der Waals surface area contributed by atoms with Crippen molar-refractivity contribution in [3.05, 3.63) is 48.0 Å². The van der Waals surface area contributed by atoms with E-state index in [9.17, 15) is 17.2 Å². The molecule has 1 aliphatic carbocycles. The lowest BCUT2D eigenvalue weighted by molar-refractivity contribution is -0.0494. The highest BCUT2D eigenvalue weighted by Gasteiger charge is 2.34. The molecule has 10 heteroatoms. The van der Waals surface area contributed by atoms with Crippen LogP contribution in [0.15, 0.2) is 47.4 Å². The average molecular weight is 488 g/mol. The molecular weight excluding hydrogens is 460 g/mol. The molecule has 2 aromatic carbocycles. The minimum Gasteiger partial charge on any atom is -0.433 e. The van der Waals surface area contributed by atoms with Gasteiger partial charge in [0.05, 0.1) is 10.6 Å². The first kappa shape index (κ1) is 24.5. The van der Waals surface area contributed by atoms with Gasteiger partial charge in [-0.2, -0.15) is 8.78 Å². The highest BCUT2D eigenvalue weighted by atomic mass is 35.5. The summed E-state index contributed by atoms with van der Waals surface area (Å²) in [7, 11) is -3.98. The van der Waals surface area contributed by atoms with Gasteiger partial charge in [0.15, 0.2) is 0 Å². The molecule has 0 radical (unpaired) electrons. The molecule has 0 atom stereocenters. The largest absolute Gasteiger partial charge is 0.433 e. The van der Waals surface area contributed by atoms with Crippen molar-refractivity contribution in [2.45, 2.75) is 31.3 Å². The van der Waals surface area contributed by atoms with E-state index in [1.54, 1.807) is 30.3 Å². The molecule has 0 bridgehead atoms. The number of nitrogens with zero attached hydrogens (tertiary/aromatic N) is 2. The fourth-order valence-electron chi connectivity index (χ4n) is 3.84. The molecule has 0 unspecified atom stereocenters. The Morgan fingerprint density at radius 1 is 1.16 bits per heavy atom. The molecule has 2 fully saturated rings. The molecule has 1 N–H and O–H groups in total. The lowest BCUT2D eigenvalue weighted by Crippen LogP contribution is -2.44. The summed E-state index contributed by atoms with van der Waals surface area (Å²) >= 11 is 0. The van der Waals surface area contributed by atoms with Crippen molar-refractivity contribution in [1.29, 1.82) is 0 Å². The van der Waals surface area contributed by atoms with Gasteiger partial charge in [0, 0.05) is 38.4 Å². The number of nitrogens with one attached hydrogen (secondary N) is 1. The summed E-state index contributed by atoms with van der Waals surface area (Å²) in [4.78, 5) is 2.32. The number of hydrogen-bond acceptors (Lipinski definition) is 5. The third-order valence-electron chi connectivity index (χ3n) is 5.70. The van der Waals surface area contributed by atoms with Gasteiger partial charge in [0.1, 0.15) is 5.75 Å². The standard InChI is InChI=1S/C22H27F2N3O3S.ClH/c1-16-6-9-18(14-20(16)26-12-10-25-11-13-26)31(28,29)27(15-17-7-8-17)19-4-2-3-5-21(19)30-22(23)24;/h2-6,9,14,17,22,25H,7-8,10-13,15H2,1H3;1H. The Bertz CT molecular complexity index is 1030. The van der Waals surface area contributed by atoms with Crippen LogP contribution in [0.2, 0.25) is 0 Å². The quantitative estimate of drug-likeness (QED) is 0.609. The van der Waals surface area contributed by atoms with E-state index in [2.05, 4.69) is 15.0 Å². The van der Waals surface area contributed by atoms with Crippen LogP contribution >= 0.6 is 12.4 Å². The molecule has 4 rings (SSSR count). The van der Waals surface area contributed by atoms with Crippen LogP contribution in [0, 0.1) is 12.8 Å². The van der Waals surface area contributed by atoms with Crippen LogP contribution in [0.3, 0.4) is 0 Å². The number of anilines is 2. The molecule has 32 heavy (non-hydrogen) atoms. The number of sulfonamides is 1. The Kier molecular flexibility index (Phi) is 7.84. The molecular formula is C22H28ClF2N3O3S. The van der Waals surface area contributed by atoms with E-state index in [4.69, 9.17) is 0 Å². The number of aryl methyl sites for hydroxylation is 1. The summed E-state index contributed by atoms with van der Waals surface area (Å²) in [5.41, 5.74) is 2.01. The zero-order chi connectivity index (χ0) is 22.0. The third kappa shape index (κ3) is 5.44. The highest BCUT2D eigenvalue weighted by Crippen LogP contribution is 2.39. The Labute approximate surface area is 194 Å². The number of piperazine rings is 1. The van der Waals surface area contributed by atoms with Gasteiger partial charge in [0.2, 0.25) is 0 Å². The zero-order valence-electron chi connectivity index (χ0n) is 17.8. The van der Waals surface area contributed by atoms with E-state index in [0.29, 0.717) is 0 Å². The van der Waals surface area contributed by atoms with E-state index in [0.717, 1.165) is 50.3 Å². The first-order valence-electron chi connectivity index (χ1n) is 10.5. The predicted molar refractivity (Wildman–Crippen MR) is 124 cm³/mol. The summed E-state index contributed by atoms with van der Waals surface area (Å²) in [6.07, 6.45) is 1.84. The second-order valence-electron chi connectivity index (χ2n) is 8.01. The number of rotatable bonds is 8. The van der Waals surface area contributed by atoms with Crippen molar-refractivity contribution >= 4 is 33.8 Å². The molecule has 1 saturated carbocycles. The molecule has 0 spiro atoms. The Hall–Kier alpha value is -2.10. The van der Waals surface area contributed by atoms with E-state index in [1.165, 1.54) is 16.4 Å². The van der Waals surface area contributed by atoms with E-state index < -0.39 is 16.6 Å². The molecule has 1 aliphatic heterocycles. The summed E-state index contributed by atoms with van der Waals surface area (Å²) in [5, 5.41) is 3.30. The van der Waals surface area contributed by atoms with Crippen molar-refractivity contribution in [3.63, 3.8) is 0 Å². The van der Waals surface area contributed by atoms with Crippen LogP contribution in [-0.4, -0.2) is 47.8 Å². The van der Waals surface area contributed by atoms with Crippen molar-refractivity contribution < 1.29 is 21.9 Å². The average Bonchev–Trinajstić information content (AvgIpc) is 3.57. The molecule has 0 aromatic heterocycles. The monoisotopic (exact) mass is 487 g/mol. The number of halogens is 3. The second-order valence-corrected chi connectivity index (χ2v) is 9.87. The first-order chi connectivity index (χ1) is 14.9. The Morgan fingerprint density at radius 3 is 2.50 bits per heavy atom. The van der Waals surface area contributed by atoms with Gasteiger partial charge < -0.3 is 15.0 Å². The van der Waals surface area contributed by atoms with E-state index in [1.807, 2.05) is 6.92 Å². The first-order valence-corrected chi connectivity index (χ1v) is 11.9. The molecule has 0 amide bonds. The summed E-state index contributed by atoms with van der Waals surface area (Å²) in [6, 6.07) is 11.2. The second kappa shape index (κ2) is 10.2. The lowest BCUT2D eigenvalue weighted by atomic mass is 10.1. The van der Waals surface area contributed by atoms with Gasteiger partial charge in [-0.1, -0.05) is 18.2 Å². The van der Waals surface area contributed by atoms with Crippen molar-refractivity contribution in [1.82, 2.24) is 5.32 Å². The van der Waals surface area contributed by atoms with Gasteiger partial charge in [-0.25, -0.2) is 8.42 Å². The van der Waals surface area contributed by atoms with Gasteiger partial charge in [0.25, 0.3) is 10.0 Å². The van der Waals surface area contributed by atoms with Crippen LogP contribution in [-0.2, 0) is 10.0 Å². The van der Waals surface area contributed by atoms with Crippen LogP contribution in [0.5, 0.6) is 5.75 Å². The minimum absolute atomic E-state index is 0. The summed E-state index contributed by atoms with van der Waals surface area (Å²) in [5.74, 6) is 0.0728. The summed E-state index contributed by atoms with van der Waals surface area (Å²) in [6.45, 7) is 2.42. The van der Waals surface area contributed by atoms with Gasteiger partial charge in [-0.05, 0) is 55.5 Å². The SMILES string of the molecule is Cc1ccc(S(=O)(=O)N(CC2CC2)c2ccccc2OC(F)F)cc1N1CCNCC1.Cl. The molecule has 1 heterocycles.